The van der Waals surface area contributed by atoms with Crippen molar-refractivity contribution in [3.05, 3.63) is 35.1 Å². The van der Waals surface area contributed by atoms with Gasteiger partial charge >= 0.3 is 11.9 Å². The van der Waals surface area contributed by atoms with Crippen molar-refractivity contribution in [2.24, 2.45) is 0 Å². The predicted octanol–water partition coefficient (Wildman–Crippen LogP) is 2.31. The van der Waals surface area contributed by atoms with Gasteiger partial charge in [-0.1, -0.05) is 6.07 Å². The van der Waals surface area contributed by atoms with E-state index in [1.807, 2.05) is 0 Å². The minimum atomic E-state index is -4.05. The molecule has 0 aromatic heterocycles. The molecule has 0 aliphatic heterocycles. The van der Waals surface area contributed by atoms with Crippen LogP contribution >= 0.6 is 0 Å². The van der Waals surface area contributed by atoms with E-state index < -0.39 is 23.3 Å². The highest BCUT2D eigenvalue weighted by molar-refractivity contribution is 5.77. The molecule has 0 bridgehead atoms. The van der Waals surface area contributed by atoms with E-state index in [2.05, 4.69) is 0 Å². The van der Waals surface area contributed by atoms with Crippen molar-refractivity contribution in [1.82, 2.24) is 0 Å². The number of hydrogen-bond acceptors (Lipinski definition) is 1. The Morgan fingerprint density at radius 2 is 2.00 bits per heavy atom. The lowest BCUT2D eigenvalue weighted by Crippen LogP contribution is -2.26. The van der Waals surface area contributed by atoms with Crippen LogP contribution < -0.4 is 0 Å². The lowest BCUT2D eigenvalue weighted by Gasteiger charge is -2.13. The van der Waals surface area contributed by atoms with Crippen molar-refractivity contribution < 1.29 is 23.1 Å². The van der Waals surface area contributed by atoms with Gasteiger partial charge in [0.05, 0.1) is 0 Å². The minimum Gasteiger partial charge on any atom is -0.477 e. The summed E-state index contributed by atoms with van der Waals surface area (Å²) < 4.78 is 38.5. The second kappa shape index (κ2) is 3.32. The lowest BCUT2D eigenvalue weighted by atomic mass is 10.0. The number of hydrogen-bond donors (Lipinski definition) is 1. The van der Waals surface area contributed by atoms with Gasteiger partial charge < -0.3 is 5.11 Å². The maximum Gasteiger partial charge on any atom is 0.379 e. The number of aryl methyl sites for hydroxylation is 1. The van der Waals surface area contributed by atoms with Crippen molar-refractivity contribution in [1.29, 1.82) is 0 Å². The first-order chi connectivity index (χ1) is 6.35. The molecule has 5 heteroatoms. The van der Waals surface area contributed by atoms with Crippen LogP contribution in [0.15, 0.2) is 18.2 Å². The number of carbonyl (C=O) groups is 1. The zero-order valence-electron chi connectivity index (χ0n) is 7.22. The minimum absolute atomic E-state index is 0.0406. The quantitative estimate of drug-likeness (QED) is 0.802. The van der Waals surface area contributed by atoms with Gasteiger partial charge in [0, 0.05) is 5.56 Å². The third-order valence-corrected chi connectivity index (χ3v) is 1.81. The normalized spacial score (nSPS) is 11.4. The summed E-state index contributed by atoms with van der Waals surface area (Å²) in [5, 5.41) is 8.24. The molecule has 0 heterocycles. The standard InChI is InChI=1S/C9H7F3O2/c1-5-2-3-6(10)4-7(5)9(11,12)8(13)14/h2-4H,1H3,(H,13,14). The van der Waals surface area contributed by atoms with E-state index in [1.54, 1.807) is 0 Å². The molecule has 0 fully saturated rings. The third kappa shape index (κ3) is 1.71. The number of alkyl halides is 2. The zero-order chi connectivity index (χ0) is 10.9. The highest BCUT2D eigenvalue weighted by Gasteiger charge is 2.42. The smallest absolute Gasteiger partial charge is 0.379 e. The molecule has 1 rings (SSSR count). The Bertz CT molecular complexity index is 374. The molecule has 2 nitrogen and oxygen atoms in total. The summed E-state index contributed by atoms with van der Waals surface area (Å²) in [4.78, 5) is 10.2. The summed E-state index contributed by atoms with van der Waals surface area (Å²) in [5.41, 5.74) is -0.774. The molecule has 76 valence electrons. The third-order valence-electron chi connectivity index (χ3n) is 1.81. The first-order valence-electron chi connectivity index (χ1n) is 3.73. The van der Waals surface area contributed by atoms with Crippen molar-refractivity contribution in [2.45, 2.75) is 12.8 Å². The molecular weight excluding hydrogens is 197 g/mol. The van der Waals surface area contributed by atoms with Gasteiger partial charge in [0.25, 0.3) is 0 Å². The molecule has 1 aromatic carbocycles. The Morgan fingerprint density at radius 1 is 1.43 bits per heavy atom. The molecule has 1 N–H and O–H groups in total. The molecule has 0 saturated heterocycles. The molecule has 0 atom stereocenters. The van der Waals surface area contributed by atoms with Crippen LogP contribution in [0, 0.1) is 12.7 Å². The fourth-order valence-corrected chi connectivity index (χ4v) is 1.05. The van der Waals surface area contributed by atoms with Crippen molar-refractivity contribution in [2.75, 3.05) is 0 Å². The highest BCUT2D eigenvalue weighted by Crippen LogP contribution is 2.31. The first kappa shape index (κ1) is 10.6. The molecule has 0 spiro atoms. The van der Waals surface area contributed by atoms with Gasteiger partial charge in [-0.2, -0.15) is 8.78 Å². The number of halogens is 3. The molecule has 0 amide bonds. The highest BCUT2D eigenvalue weighted by atomic mass is 19.3. The molecule has 0 unspecified atom stereocenters. The number of rotatable bonds is 2. The summed E-state index contributed by atoms with van der Waals surface area (Å²) in [6.45, 7) is 1.30. The van der Waals surface area contributed by atoms with Gasteiger partial charge in [-0.25, -0.2) is 9.18 Å². The fourth-order valence-electron chi connectivity index (χ4n) is 1.05. The zero-order valence-corrected chi connectivity index (χ0v) is 7.22. The summed E-state index contributed by atoms with van der Waals surface area (Å²) in [6.07, 6.45) is 0. The maximum absolute atomic E-state index is 13.0. The average molecular weight is 204 g/mol. The predicted molar refractivity (Wildman–Crippen MR) is 42.7 cm³/mol. The molecule has 14 heavy (non-hydrogen) atoms. The number of aliphatic carboxylic acids is 1. The molecule has 0 aliphatic rings. The van der Waals surface area contributed by atoms with Crippen LogP contribution in [0.2, 0.25) is 0 Å². The van der Waals surface area contributed by atoms with Crippen LogP contribution in [-0.4, -0.2) is 11.1 Å². The van der Waals surface area contributed by atoms with Gasteiger partial charge in [0.1, 0.15) is 5.82 Å². The SMILES string of the molecule is Cc1ccc(F)cc1C(F)(F)C(=O)O. The Hall–Kier alpha value is -1.52. The van der Waals surface area contributed by atoms with E-state index in [4.69, 9.17) is 5.11 Å². The van der Waals surface area contributed by atoms with Crippen LogP contribution in [0.25, 0.3) is 0 Å². The van der Waals surface area contributed by atoms with Gasteiger partial charge in [-0.3, -0.25) is 0 Å². The van der Waals surface area contributed by atoms with Crippen LogP contribution in [0.4, 0.5) is 13.2 Å². The second-order valence-corrected chi connectivity index (χ2v) is 2.84. The first-order valence-corrected chi connectivity index (χ1v) is 3.73. The van der Waals surface area contributed by atoms with Crippen LogP contribution in [0.3, 0.4) is 0 Å². The Labute approximate surface area is 78.0 Å². The van der Waals surface area contributed by atoms with E-state index in [0.29, 0.717) is 6.07 Å². The largest absolute Gasteiger partial charge is 0.477 e. The van der Waals surface area contributed by atoms with Crippen molar-refractivity contribution in [3.8, 4) is 0 Å². The van der Waals surface area contributed by atoms with Gasteiger partial charge in [-0.05, 0) is 24.6 Å². The van der Waals surface area contributed by atoms with Crippen molar-refractivity contribution in [3.63, 3.8) is 0 Å². The van der Waals surface area contributed by atoms with Crippen LogP contribution in [-0.2, 0) is 10.7 Å². The number of benzene rings is 1. The maximum atomic E-state index is 13.0. The van der Waals surface area contributed by atoms with Gasteiger partial charge in [-0.15, -0.1) is 0 Å². The van der Waals surface area contributed by atoms with E-state index in [9.17, 15) is 18.0 Å². The summed E-state index contributed by atoms with van der Waals surface area (Å²) in [7, 11) is 0. The van der Waals surface area contributed by atoms with Crippen LogP contribution in [0.1, 0.15) is 11.1 Å². The monoisotopic (exact) mass is 204 g/mol. The summed E-state index contributed by atoms with van der Waals surface area (Å²) in [5.74, 6) is -7.22. The van der Waals surface area contributed by atoms with E-state index >= 15 is 0 Å². The van der Waals surface area contributed by atoms with E-state index in [0.717, 1.165) is 12.1 Å². The molecule has 0 aliphatic carbocycles. The van der Waals surface area contributed by atoms with Crippen LogP contribution in [0.5, 0.6) is 0 Å². The lowest BCUT2D eigenvalue weighted by molar-refractivity contribution is -0.166. The Balaban J connectivity index is 3.31. The number of carboxylic acids is 1. The summed E-state index contributed by atoms with van der Waals surface area (Å²) >= 11 is 0. The molecular formula is C9H7F3O2. The summed E-state index contributed by atoms with van der Waals surface area (Å²) in [6, 6.07) is 2.64. The second-order valence-electron chi connectivity index (χ2n) is 2.84. The Kier molecular flexibility index (Phi) is 2.51. The Morgan fingerprint density at radius 3 is 2.50 bits per heavy atom. The fraction of sp³-hybridized carbons (Fsp3) is 0.222. The van der Waals surface area contributed by atoms with Crippen molar-refractivity contribution >= 4 is 5.97 Å². The number of carboxylic acid groups (broad SMARTS) is 1. The molecule has 0 saturated carbocycles. The topological polar surface area (TPSA) is 37.3 Å². The molecule has 1 aromatic rings. The van der Waals surface area contributed by atoms with Gasteiger partial charge in [0.15, 0.2) is 0 Å². The average Bonchev–Trinajstić information content (AvgIpc) is 2.08. The van der Waals surface area contributed by atoms with Gasteiger partial charge in [0.2, 0.25) is 0 Å². The molecule has 0 radical (unpaired) electrons. The van der Waals surface area contributed by atoms with E-state index in [-0.39, 0.29) is 5.56 Å². The van der Waals surface area contributed by atoms with E-state index in [1.165, 1.54) is 6.92 Å².